The number of urea groups is 1. The monoisotopic (exact) mass is 441 g/mol. The minimum atomic E-state index is -0.0582. The van der Waals surface area contributed by atoms with Crippen molar-refractivity contribution in [2.45, 2.75) is 26.3 Å². The van der Waals surface area contributed by atoms with Gasteiger partial charge in [0.15, 0.2) is 0 Å². The second-order valence-corrected chi connectivity index (χ2v) is 8.70. The van der Waals surface area contributed by atoms with E-state index in [2.05, 4.69) is 21.5 Å². The maximum Gasteiger partial charge on any atom is 0.322 e. The number of aryl methyl sites for hydroxylation is 1. The second-order valence-electron chi connectivity index (χ2n) is 7.53. The number of carbonyl (C=O) groups is 1. The molecule has 1 unspecified atom stereocenters. The number of aromatic nitrogens is 2. The third kappa shape index (κ3) is 4.74. The van der Waals surface area contributed by atoms with E-state index in [0.29, 0.717) is 13.0 Å². The summed E-state index contributed by atoms with van der Waals surface area (Å²) in [5.74, 6) is 0.810. The highest BCUT2D eigenvalue weighted by Gasteiger charge is 2.29. The lowest BCUT2D eigenvalue weighted by Crippen LogP contribution is -2.55. The summed E-state index contributed by atoms with van der Waals surface area (Å²) in [5.41, 5.74) is 3.04. The Morgan fingerprint density at radius 1 is 1.20 bits per heavy atom. The molecule has 1 N–H and O–H groups in total. The molecule has 0 radical (unpaired) electrons. The van der Waals surface area contributed by atoms with Crippen LogP contribution in [-0.2, 0) is 6.42 Å². The van der Waals surface area contributed by atoms with Gasteiger partial charge in [-0.1, -0.05) is 41.9 Å². The van der Waals surface area contributed by atoms with Crippen LogP contribution in [0.4, 0.5) is 15.6 Å². The molecular weight excluding hydrogens is 418 g/mol. The van der Waals surface area contributed by atoms with Gasteiger partial charge in [-0.3, -0.25) is 0 Å². The molecule has 0 aliphatic carbocycles. The molecule has 1 aliphatic heterocycles. The molecule has 3 aromatic rings. The van der Waals surface area contributed by atoms with Crippen molar-refractivity contribution in [2.75, 3.05) is 29.9 Å². The fourth-order valence-corrected chi connectivity index (χ4v) is 4.41. The average Bonchev–Trinajstić information content (AvgIpc) is 3.20. The lowest BCUT2D eigenvalue weighted by molar-refractivity contribution is 0.185. The van der Waals surface area contributed by atoms with Crippen LogP contribution in [0.1, 0.15) is 23.9 Å². The van der Waals surface area contributed by atoms with Gasteiger partial charge in [-0.25, -0.2) is 9.78 Å². The topological polar surface area (TPSA) is 61.4 Å². The summed E-state index contributed by atoms with van der Waals surface area (Å²) in [5, 5.41) is 4.67. The second kappa shape index (κ2) is 9.02. The van der Waals surface area contributed by atoms with Crippen LogP contribution in [0, 0.1) is 6.92 Å². The molecule has 156 valence electrons. The summed E-state index contributed by atoms with van der Waals surface area (Å²) in [7, 11) is 0. The number of rotatable bonds is 4. The summed E-state index contributed by atoms with van der Waals surface area (Å²) in [6.45, 7) is 6.18. The van der Waals surface area contributed by atoms with Gasteiger partial charge in [-0.15, -0.1) is 0 Å². The van der Waals surface area contributed by atoms with Crippen molar-refractivity contribution in [1.82, 2.24) is 14.3 Å². The first kappa shape index (κ1) is 20.6. The van der Waals surface area contributed by atoms with Crippen molar-refractivity contribution in [3.05, 3.63) is 70.5 Å². The minimum absolute atomic E-state index is 0.0582. The van der Waals surface area contributed by atoms with Gasteiger partial charge >= 0.3 is 6.03 Å². The third-order valence-corrected chi connectivity index (χ3v) is 6.35. The Balaban J connectivity index is 1.36. The van der Waals surface area contributed by atoms with Crippen molar-refractivity contribution >= 4 is 40.0 Å². The number of para-hydroxylation sites is 1. The molecule has 0 spiro atoms. The molecule has 2 amide bonds. The van der Waals surface area contributed by atoms with Crippen molar-refractivity contribution in [3.63, 3.8) is 0 Å². The molecule has 0 saturated carbocycles. The standard InChI is InChI=1S/C22H24ClN5OS/c1-15-5-3-4-6-19(15)24-21(29)28-12-11-27(14-16(28)2)22-25-20(26-30-22)13-17-7-9-18(23)10-8-17/h3-10,16H,11-14H2,1-2H3,(H,24,29). The van der Waals surface area contributed by atoms with Crippen LogP contribution in [0.3, 0.4) is 0 Å². The molecule has 2 aromatic carbocycles. The molecule has 0 bridgehead atoms. The number of anilines is 2. The minimum Gasteiger partial charge on any atom is -0.343 e. The van der Waals surface area contributed by atoms with Gasteiger partial charge < -0.3 is 15.1 Å². The van der Waals surface area contributed by atoms with Crippen molar-refractivity contribution in [2.24, 2.45) is 0 Å². The summed E-state index contributed by atoms with van der Waals surface area (Å²) < 4.78 is 4.52. The summed E-state index contributed by atoms with van der Waals surface area (Å²) in [6.07, 6.45) is 0.683. The molecule has 1 aliphatic rings. The molecule has 1 atom stereocenters. The van der Waals surface area contributed by atoms with Crippen LogP contribution in [0.5, 0.6) is 0 Å². The molecule has 4 rings (SSSR count). The number of hydrogen-bond acceptors (Lipinski definition) is 5. The largest absolute Gasteiger partial charge is 0.343 e. The lowest BCUT2D eigenvalue weighted by atomic mass is 10.1. The van der Waals surface area contributed by atoms with E-state index in [4.69, 9.17) is 16.6 Å². The fourth-order valence-electron chi connectivity index (χ4n) is 3.56. The smallest absolute Gasteiger partial charge is 0.322 e. The molecule has 2 heterocycles. The Bertz CT molecular complexity index is 1020. The van der Waals surface area contributed by atoms with E-state index in [1.165, 1.54) is 11.5 Å². The third-order valence-electron chi connectivity index (χ3n) is 5.28. The maximum atomic E-state index is 12.8. The molecule has 1 fully saturated rings. The van der Waals surface area contributed by atoms with Crippen molar-refractivity contribution < 1.29 is 4.79 Å². The van der Waals surface area contributed by atoms with Crippen LogP contribution in [0.2, 0.25) is 5.02 Å². The predicted octanol–water partition coefficient (Wildman–Crippen LogP) is 4.83. The van der Waals surface area contributed by atoms with Crippen LogP contribution in [0.25, 0.3) is 0 Å². The van der Waals surface area contributed by atoms with Crippen LogP contribution in [0.15, 0.2) is 48.5 Å². The first-order chi connectivity index (χ1) is 14.5. The van der Waals surface area contributed by atoms with E-state index in [1.54, 1.807) is 0 Å². The number of nitrogens with one attached hydrogen (secondary N) is 1. The van der Waals surface area contributed by atoms with Gasteiger partial charge in [0.1, 0.15) is 5.82 Å². The van der Waals surface area contributed by atoms with E-state index in [0.717, 1.165) is 45.9 Å². The molecule has 1 aromatic heterocycles. The van der Waals surface area contributed by atoms with Gasteiger partial charge in [0.25, 0.3) is 0 Å². The first-order valence-electron chi connectivity index (χ1n) is 9.95. The zero-order valence-corrected chi connectivity index (χ0v) is 18.6. The van der Waals surface area contributed by atoms with Gasteiger partial charge in [-0.05, 0) is 43.2 Å². The van der Waals surface area contributed by atoms with Crippen LogP contribution >= 0.6 is 23.1 Å². The van der Waals surface area contributed by atoms with E-state index in [9.17, 15) is 4.79 Å². The Morgan fingerprint density at radius 2 is 1.97 bits per heavy atom. The lowest BCUT2D eigenvalue weighted by Gasteiger charge is -2.39. The highest BCUT2D eigenvalue weighted by atomic mass is 35.5. The highest BCUT2D eigenvalue weighted by molar-refractivity contribution is 7.09. The Hall–Kier alpha value is -2.64. The quantitative estimate of drug-likeness (QED) is 0.629. The number of benzene rings is 2. The molecule has 30 heavy (non-hydrogen) atoms. The van der Waals surface area contributed by atoms with Gasteiger partial charge in [0.2, 0.25) is 5.13 Å². The van der Waals surface area contributed by atoms with E-state index in [-0.39, 0.29) is 12.1 Å². The van der Waals surface area contributed by atoms with E-state index >= 15 is 0 Å². The normalized spacial score (nSPS) is 16.6. The van der Waals surface area contributed by atoms with Gasteiger partial charge in [-0.2, -0.15) is 4.37 Å². The SMILES string of the molecule is Cc1ccccc1NC(=O)N1CCN(c2nc(Cc3ccc(Cl)cc3)ns2)CC1C. The zero-order valence-electron chi connectivity index (χ0n) is 17.0. The van der Waals surface area contributed by atoms with Crippen LogP contribution in [-0.4, -0.2) is 46.0 Å². The predicted molar refractivity (Wildman–Crippen MR) is 123 cm³/mol. The van der Waals surface area contributed by atoms with E-state index in [1.807, 2.05) is 60.4 Å². The van der Waals surface area contributed by atoms with Crippen LogP contribution < -0.4 is 10.2 Å². The average molecular weight is 442 g/mol. The molecule has 1 saturated heterocycles. The Morgan fingerprint density at radius 3 is 2.70 bits per heavy atom. The Kier molecular flexibility index (Phi) is 6.20. The first-order valence-corrected chi connectivity index (χ1v) is 11.1. The van der Waals surface area contributed by atoms with Crippen molar-refractivity contribution in [3.8, 4) is 0 Å². The maximum absolute atomic E-state index is 12.8. The summed E-state index contributed by atoms with van der Waals surface area (Å²) in [6, 6.07) is 15.6. The van der Waals surface area contributed by atoms with Gasteiger partial charge in [0.05, 0.1) is 0 Å². The molecular formula is C22H24ClN5OS. The Labute approximate surface area is 185 Å². The summed E-state index contributed by atoms with van der Waals surface area (Å²) >= 11 is 7.37. The number of halogens is 1. The number of carbonyl (C=O) groups excluding carboxylic acids is 1. The number of nitrogens with zero attached hydrogens (tertiary/aromatic N) is 4. The number of amides is 2. The zero-order chi connectivity index (χ0) is 21.1. The molecule has 8 heteroatoms. The molecule has 6 nitrogen and oxygen atoms in total. The van der Waals surface area contributed by atoms with E-state index < -0.39 is 0 Å². The number of piperazine rings is 1. The van der Waals surface area contributed by atoms with Gasteiger partial charge in [0, 0.05) is 54.3 Å². The fraction of sp³-hybridized carbons (Fsp3) is 0.318. The summed E-state index contributed by atoms with van der Waals surface area (Å²) in [4.78, 5) is 21.6. The number of hydrogen-bond donors (Lipinski definition) is 1. The van der Waals surface area contributed by atoms with Crippen molar-refractivity contribution in [1.29, 1.82) is 0 Å². The highest BCUT2D eigenvalue weighted by Crippen LogP contribution is 2.23.